The van der Waals surface area contributed by atoms with Gasteiger partial charge >= 0.3 is 0 Å². The minimum atomic E-state index is -0.713. The molecule has 1 heterocycles. The van der Waals surface area contributed by atoms with E-state index in [2.05, 4.69) is 20.6 Å². The van der Waals surface area contributed by atoms with Gasteiger partial charge in [0.1, 0.15) is 17.7 Å². The van der Waals surface area contributed by atoms with E-state index < -0.39 is 22.5 Å². The molecule has 0 aliphatic carbocycles. The Morgan fingerprint density at radius 3 is 2.45 bits per heavy atom. The second-order valence-corrected chi connectivity index (χ2v) is 4.68. The van der Waals surface area contributed by atoms with Crippen molar-refractivity contribution in [1.82, 2.24) is 14.9 Å². The van der Waals surface area contributed by atoms with Crippen LogP contribution in [0, 0.1) is 0 Å². The first-order chi connectivity index (χ1) is 10.4. The number of hydrogen-bond donors (Lipinski definition) is 3. The van der Waals surface area contributed by atoms with Crippen LogP contribution in [0.25, 0.3) is 0 Å². The molecule has 1 aromatic carbocycles. The fraction of sp³-hybridized carbons (Fsp3) is 0.308. The van der Waals surface area contributed by atoms with E-state index in [1.165, 1.54) is 19.0 Å². The Morgan fingerprint density at radius 1 is 1.23 bits per heavy atom. The first kappa shape index (κ1) is 15.4. The quantitative estimate of drug-likeness (QED) is 0.641. The number of nitrogens with one attached hydrogen (secondary N) is 2. The lowest BCUT2D eigenvalue weighted by atomic mass is 10.2. The van der Waals surface area contributed by atoms with Gasteiger partial charge < -0.3 is 20.6 Å². The Morgan fingerprint density at radius 2 is 1.86 bits per heavy atom. The van der Waals surface area contributed by atoms with Crippen LogP contribution in [0.3, 0.4) is 0 Å². The third-order valence-electron chi connectivity index (χ3n) is 2.94. The fourth-order valence-electron chi connectivity index (χ4n) is 1.81. The largest absolute Gasteiger partial charge is 0.503 e. The molecule has 0 radical (unpaired) electrons. The van der Waals surface area contributed by atoms with Crippen molar-refractivity contribution in [2.75, 3.05) is 31.3 Å². The Labute approximate surface area is 125 Å². The van der Waals surface area contributed by atoms with E-state index in [4.69, 9.17) is 0 Å². The molecule has 0 unspecified atom stereocenters. The maximum Gasteiger partial charge on any atom is 0.276 e. The average molecular weight is 305 g/mol. The second kappa shape index (κ2) is 5.80. The van der Waals surface area contributed by atoms with Gasteiger partial charge in [0, 0.05) is 20.6 Å². The van der Waals surface area contributed by atoms with Crippen molar-refractivity contribution < 1.29 is 9.90 Å². The van der Waals surface area contributed by atoms with Crippen LogP contribution in [0.15, 0.2) is 15.9 Å². The summed E-state index contributed by atoms with van der Waals surface area (Å²) in [6.45, 7) is 2.23. The van der Waals surface area contributed by atoms with Gasteiger partial charge in [0.05, 0.1) is 0 Å². The van der Waals surface area contributed by atoms with Crippen LogP contribution in [-0.4, -0.2) is 46.5 Å². The third-order valence-corrected chi connectivity index (χ3v) is 2.94. The van der Waals surface area contributed by atoms with Gasteiger partial charge in [0.25, 0.3) is 16.8 Å². The summed E-state index contributed by atoms with van der Waals surface area (Å²) in [4.78, 5) is 43.6. The first-order valence-electron chi connectivity index (χ1n) is 6.48. The van der Waals surface area contributed by atoms with E-state index in [1.807, 2.05) is 0 Å². The van der Waals surface area contributed by atoms with Crippen LogP contribution in [-0.2, 0) is 0 Å². The van der Waals surface area contributed by atoms with Gasteiger partial charge in [0.2, 0.25) is 0 Å². The lowest BCUT2D eigenvalue weighted by Crippen LogP contribution is -2.36. The highest BCUT2D eigenvalue weighted by Crippen LogP contribution is 2.28. The number of anilines is 3. The minimum absolute atomic E-state index is 0.00380. The SMILES string of the molecule is CCNc1c(Nc2ncnc(C(=O)N(C)C)c2O)c(=O)c1=O. The molecule has 0 aliphatic heterocycles. The first-order valence-corrected chi connectivity index (χ1v) is 6.48. The maximum atomic E-state index is 11.9. The topological polar surface area (TPSA) is 125 Å². The highest BCUT2D eigenvalue weighted by Gasteiger charge is 2.24. The molecule has 2 rings (SSSR count). The second-order valence-electron chi connectivity index (χ2n) is 4.68. The lowest BCUT2D eigenvalue weighted by molar-refractivity contribution is 0.0818. The van der Waals surface area contributed by atoms with E-state index in [0.29, 0.717) is 6.54 Å². The molecule has 22 heavy (non-hydrogen) atoms. The van der Waals surface area contributed by atoms with Crippen LogP contribution >= 0.6 is 0 Å². The number of carbonyl (C=O) groups is 1. The van der Waals surface area contributed by atoms with E-state index in [0.717, 1.165) is 6.33 Å². The van der Waals surface area contributed by atoms with Gasteiger partial charge in [-0.2, -0.15) is 0 Å². The van der Waals surface area contributed by atoms with Gasteiger partial charge in [0.15, 0.2) is 17.3 Å². The minimum Gasteiger partial charge on any atom is -0.503 e. The lowest BCUT2D eigenvalue weighted by Gasteiger charge is -2.15. The normalized spacial score (nSPS) is 10.5. The Bertz CT molecular complexity index is 792. The van der Waals surface area contributed by atoms with Crippen LogP contribution in [0.2, 0.25) is 0 Å². The van der Waals surface area contributed by atoms with E-state index in [9.17, 15) is 19.5 Å². The van der Waals surface area contributed by atoms with Gasteiger partial charge in [-0.25, -0.2) is 9.97 Å². The van der Waals surface area contributed by atoms with Crippen molar-refractivity contribution in [3.05, 3.63) is 32.5 Å². The average Bonchev–Trinajstić information content (AvgIpc) is 2.51. The summed E-state index contributed by atoms with van der Waals surface area (Å²) in [7, 11) is 3.02. The van der Waals surface area contributed by atoms with Gasteiger partial charge in [-0.05, 0) is 6.92 Å². The smallest absolute Gasteiger partial charge is 0.276 e. The summed E-state index contributed by atoms with van der Waals surface area (Å²) in [5.41, 5.74) is -1.42. The number of carbonyl (C=O) groups excluding carboxylic acids is 1. The summed E-state index contributed by atoms with van der Waals surface area (Å²) in [6, 6.07) is 0. The van der Waals surface area contributed by atoms with E-state index in [-0.39, 0.29) is 22.9 Å². The van der Waals surface area contributed by atoms with Crippen molar-refractivity contribution in [2.24, 2.45) is 0 Å². The molecule has 0 atom stereocenters. The molecule has 9 nitrogen and oxygen atoms in total. The predicted octanol–water partition coefficient (Wildman–Crippen LogP) is -0.345. The number of rotatable bonds is 5. The van der Waals surface area contributed by atoms with Crippen LogP contribution in [0.4, 0.5) is 17.2 Å². The molecule has 0 aliphatic rings. The summed E-state index contributed by atoms with van der Waals surface area (Å²) in [5.74, 6) is -1.12. The number of hydrogen-bond acceptors (Lipinski definition) is 8. The molecule has 0 fully saturated rings. The number of amides is 1. The zero-order valence-electron chi connectivity index (χ0n) is 12.3. The molecular weight excluding hydrogens is 290 g/mol. The standard InChI is InChI=1S/C13H15N5O4/c1-4-14-6-7(10(20)9(6)19)17-12-11(21)8(15-5-16-12)13(22)18(2)3/h5,14,21H,4H2,1-3H3,(H,15,16,17). The van der Waals surface area contributed by atoms with Crippen molar-refractivity contribution in [3.63, 3.8) is 0 Å². The molecular formula is C13H15N5O4. The molecule has 0 saturated carbocycles. The van der Waals surface area contributed by atoms with Crippen LogP contribution in [0.1, 0.15) is 17.4 Å². The van der Waals surface area contributed by atoms with E-state index in [1.54, 1.807) is 6.92 Å². The third kappa shape index (κ3) is 2.48. The molecule has 0 saturated heterocycles. The summed E-state index contributed by atoms with van der Waals surface area (Å²) in [6.07, 6.45) is 1.08. The van der Waals surface area contributed by atoms with Crippen molar-refractivity contribution >= 4 is 23.1 Å². The molecule has 1 amide bonds. The van der Waals surface area contributed by atoms with Crippen molar-refractivity contribution in [2.45, 2.75) is 6.92 Å². The Hall–Kier alpha value is -2.97. The highest BCUT2D eigenvalue weighted by atomic mass is 16.3. The Kier molecular flexibility index (Phi) is 4.06. The highest BCUT2D eigenvalue weighted by molar-refractivity contribution is 5.96. The van der Waals surface area contributed by atoms with Gasteiger partial charge in [-0.3, -0.25) is 14.4 Å². The number of aromatic nitrogens is 2. The number of nitrogens with zero attached hydrogens (tertiary/aromatic N) is 3. The zero-order valence-corrected chi connectivity index (χ0v) is 12.3. The summed E-state index contributed by atoms with van der Waals surface area (Å²) < 4.78 is 0. The van der Waals surface area contributed by atoms with Crippen LogP contribution in [0.5, 0.6) is 5.75 Å². The molecule has 0 bridgehead atoms. The molecule has 116 valence electrons. The maximum absolute atomic E-state index is 11.9. The zero-order chi connectivity index (χ0) is 16.4. The van der Waals surface area contributed by atoms with Gasteiger partial charge in [-0.15, -0.1) is 0 Å². The van der Waals surface area contributed by atoms with Crippen molar-refractivity contribution in [1.29, 1.82) is 0 Å². The van der Waals surface area contributed by atoms with Crippen molar-refractivity contribution in [3.8, 4) is 5.75 Å². The monoisotopic (exact) mass is 305 g/mol. The fourth-order valence-corrected chi connectivity index (χ4v) is 1.81. The number of aromatic hydroxyl groups is 1. The predicted molar refractivity (Wildman–Crippen MR) is 80.5 cm³/mol. The molecule has 9 heteroatoms. The summed E-state index contributed by atoms with van der Waals surface area (Å²) in [5, 5.41) is 15.4. The molecule has 3 N–H and O–H groups in total. The van der Waals surface area contributed by atoms with Gasteiger partial charge in [-0.1, -0.05) is 0 Å². The van der Waals surface area contributed by atoms with E-state index >= 15 is 0 Å². The Balaban J connectivity index is 2.38. The molecule has 1 aromatic heterocycles. The summed E-state index contributed by atoms with van der Waals surface area (Å²) >= 11 is 0. The molecule has 2 aromatic rings. The molecule has 0 spiro atoms. The van der Waals surface area contributed by atoms with Crippen LogP contribution < -0.4 is 21.5 Å².